The highest BCUT2D eigenvalue weighted by Gasteiger charge is 2.12. The van der Waals surface area contributed by atoms with Crippen molar-refractivity contribution >= 4 is 17.3 Å². The summed E-state index contributed by atoms with van der Waals surface area (Å²) in [6, 6.07) is 14.2. The summed E-state index contributed by atoms with van der Waals surface area (Å²) in [5.74, 6) is -0.915. The topological polar surface area (TPSA) is 71.5 Å². The molecule has 0 aliphatic rings. The number of ether oxygens (including phenoxy) is 1. The fraction of sp³-hybridized carbons (Fsp3) is 0.0526. The van der Waals surface area contributed by atoms with Gasteiger partial charge in [-0.2, -0.15) is 0 Å². The van der Waals surface area contributed by atoms with Gasteiger partial charge in [0.2, 0.25) is 5.88 Å². The maximum atomic E-state index is 13.0. The van der Waals surface area contributed by atoms with Crippen LogP contribution < -0.4 is 10.1 Å². The molecule has 5 nitrogen and oxygen atoms in total. The monoisotopic (exact) mass is 338 g/mol. The lowest BCUT2D eigenvalue weighted by molar-refractivity contribution is 0.0698. The number of methoxy groups -OCH3 is 1. The molecule has 25 heavy (non-hydrogen) atoms. The highest BCUT2D eigenvalue weighted by atomic mass is 19.1. The number of nitrogens with zero attached hydrogens (tertiary/aromatic N) is 1. The Bertz CT molecular complexity index is 894. The zero-order valence-corrected chi connectivity index (χ0v) is 13.4. The van der Waals surface area contributed by atoms with Crippen molar-refractivity contribution in [3.05, 3.63) is 72.2 Å². The number of hydrogen-bond acceptors (Lipinski definition) is 4. The van der Waals surface area contributed by atoms with Gasteiger partial charge in [0.1, 0.15) is 5.82 Å². The number of aromatic nitrogens is 1. The lowest BCUT2D eigenvalue weighted by Crippen LogP contribution is -2.03. The number of pyridine rings is 1. The highest BCUT2D eigenvalue weighted by Crippen LogP contribution is 2.28. The third-order valence-electron chi connectivity index (χ3n) is 3.65. The van der Waals surface area contributed by atoms with Crippen molar-refractivity contribution in [2.45, 2.75) is 0 Å². The summed E-state index contributed by atoms with van der Waals surface area (Å²) in [7, 11) is 1.54. The number of nitrogens with one attached hydrogen (secondary N) is 1. The molecule has 1 aromatic heterocycles. The molecule has 0 amide bonds. The quantitative estimate of drug-likeness (QED) is 0.724. The van der Waals surface area contributed by atoms with Crippen LogP contribution in [0.3, 0.4) is 0 Å². The normalized spacial score (nSPS) is 10.3. The molecule has 0 aliphatic heterocycles. The Morgan fingerprint density at radius 1 is 1.08 bits per heavy atom. The fourth-order valence-corrected chi connectivity index (χ4v) is 2.37. The Labute approximate surface area is 143 Å². The van der Waals surface area contributed by atoms with Gasteiger partial charge in [-0.25, -0.2) is 14.2 Å². The number of rotatable bonds is 5. The average molecular weight is 338 g/mol. The minimum absolute atomic E-state index is 0.120. The first kappa shape index (κ1) is 16.4. The zero-order valence-electron chi connectivity index (χ0n) is 13.4. The molecule has 0 radical (unpaired) electrons. The smallest absolute Gasteiger partial charge is 0.337 e. The van der Waals surface area contributed by atoms with Crippen molar-refractivity contribution in [1.82, 2.24) is 4.98 Å². The van der Waals surface area contributed by atoms with E-state index in [1.165, 1.54) is 25.3 Å². The molecule has 126 valence electrons. The minimum Gasteiger partial charge on any atom is -0.481 e. The Balaban J connectivity index is 1.98. The van der Waals surface area contributed by atoms with Crippen molar-refractivity contribution in [2.24, 2.45) is 0 Å². The van der Waals surface area contributed by atoms with Crippen LogP contribution in [-0.4, -0.2) is 23.2 Å². The third-order valence-corrected chi connectivity index (χ3v) is 3.65. The Hall–Kier alpha value is -3.41. The van der Waals surface area contributed by atoms with Gasteiger partial charge in [0.15, 0.2) is 0 Å². The molecule has 6 heteroatoms. The van der Waals surface area contributed by atoms with E-state index in [1.807, 2.05) is 6.07 Å². The van der Waals surface area contributed by atoms with Gasteiger partial charge in [-0.3, -0.25) is 0 Å². The van der Waals surface area contributed by atoms with E-state index < -0.39 is 5.97 Å². The van der Waals surface area contributed by atoms with Crippen LogP contribution in [-0.2, 0) is 0 Å². The number of carboxylic acids is 1. The predicted octanol–water partition coefficient (Wildman–Crippen LogP) is 4.34. The summed E-state index contributed by atoms with van der Waals surface area (Å²) in [6.45, 7) is 0. The molecule has 2 aromatic carbocycles. The molecule has 0 fully saturated rings. The van der Waals surface area contributed by atoms with E-state index >= 15 is 0 Å². The van der Waals surface area contributed by atoms with Crippen LogP contribution in [0.2, 0.25) is 0 Å². The summed E-state index contributed by atoms with van der Waals surface area (Å²) >= 11 is 0. The van der Waals surface area contributed by atoms with Crippen molar-refractivity contribution in [2.75, 3.05) is 12.4 Å². The SMILES string of the molecule is COc1ccc(-c2ccc(C(=O)O)c(Nc3ccc(F)cc3)c2)cn1. The van der Waals surface area contributed by atoms with E-state index in [0.29, 0.717) is 17.3 Å². The first-order valence-corrected chi connectivity index (χ1v) is 7.47. The molecule has 3 rings (SSSR count). The van der Waals surface area contributed by atoms with E-state index in [1.54, 1.807) is 36.5 Å². The molecular weight excluding hydrogens is 323 g/mol. The molecule has 2 N–H and O–H groups in total. The van der Waals surface area contributed by atoms with E-state index in [9.17, 15) is 14.3 Å². The molecule has 0 bridgehead atoms. The second kappa shape index (κ2) is 7.00. The largest absolute Gasteiger partial charge is 0.481 e. The van der Waals surface area contributed by atoms with Gasteiger partial charge < -0.3 is 15.2 Å². The molecular formula is C19H15FN2O3. The Kier molecular flexibility index (Phi) is 4.61. The van der Waals surface area contributed by atoms with E-state index in [0.717, 1.165) is 11.1 Å². The van der Waals surface area contributed by atoms with Crippen molar-refractivity contribution in [3.8, 4) is 17.0 Å². The van der Waals surface area contributed by atoms with Gasteiger partial charge in [0.25, 0.3) is 0 Å². The molecule has 0 saturated heterocycles. The van der Waals surface area contributed by atoms with Crippen LogP contribution in [0.15, 0.2) is 60.8 Å². The van der Waals surface area contributed by atoms with Crippen LogP contribution in [0.4, 0.5) is 15.8 Å². The van der Waals surface area contributed by atoms with Crippen LogP contribution >= 0.6 is 0 Å². The Morgan fingerprint density at radius 3 is 2.40 bits per heavy atom. The number of hydrogen-bond donors (Lipinski definition) is 2. The van der Waals surface area contributed by atoms with Gasteiger partial charge in [-0.05, 0) is 48.0 Å². The van der Waals surface area contributed by atoms with Gasteiger partial charge in [0.05, 0.1) is 18.4 Å². The third kappa shape index (κ3) is 3.74. The number of carboxylic acid groups (broad SMARTS) is 1. The summed E-state index contributed by atoms with van der Waals surface area (Å²) < 4.78 is 18.1. The fourth-order valence-electron chi connectivity index (χ4n) is 2.37. The zero-order chi connectivity index (χ0) is 17.8. The van der Waals surface area contributed by atoms with Crippen molar-refractivity contribution in [3.63, 3.8) is 0 Å². The Morgan fingerprint density at radius 2 is 1.80 bits per heavy atom. The summed E-state index contributed by atoms with van der Waals surface area (Å²) in [4.78, 5) is 15.6. The number of carbonyl (C=O) groups is 1. The number of anilines is 2. The van der Waals surface area contributed by atoms with Crippen LogP contribution in [0.25, 0.3) is 11.1 Å². The standard InChI is InChI=1S/C19H15FN2O3/c1-25-18-9-3-13(11-21-18)12-2-8-16(19(23)24)17(10-12)22-15-6-4-14(20)5-7-15/h2-11,22H,1H3,(H,23,24). The second-order valence-corrected chi connectivity index (χ2v) is 5.29. The lowest BCUT2D eigenvalue weighted by Gasteiger charge is -2.12. The highest BCUT2D eigenvalue weighted by molar-refractivity contribution is 5.96. The van der Waals surface area contributed by atoms with Crippen LogP contribution in [0.1, 0.15) is 10.4 Å². The lowest BCUT2D eigenvalue weighted by atomic mass is 10.0. The molecule has 1 heterocycles. The maximum Gasteiger partial charge on any atom is 0.337 e. The minimum atomic E-state index is -1.05. The molecule has 0 spiro atoms. The van der Waals surface area contributed by atoms with E-state index in [-0.39, 0.29) is 11.4 Å². The predicted molar refractivity (Wildman–Crippen MR) is 92.9 cm³/mol. The summed E-state index contributed by atoms with van der Waals surface area (Å²) in [6.07, 6.45) is 1.65. The summed E-state index contributed by atoms with van der Waals surface area (Å²) in [5.41, 5.74) is 2.74. The molecule has 3 aromatic rings. The van der Waals surface area contributed by atoms with Gasteiger partial charge in [0, 0.05) is 23.5 Å². The number of aromatic carboxylic acids is 1. The molecule has 0 aliphatic carbocycles. The second-order valence-electron chi connectivity index (χ2n) is 5.29. The summed E-state index contributed by atoms with van der Waals surface area (Å²) in [5, 5.41) is 12.4. The first-order valence-electron chi connectivity index (χ1n) is 7.47. The van der Waals surface area contributed by atoms with Crippen molar-refractivity contribution < 1.29 is 19.0 Å². The van der Waals surface area contributed by atoms with Crippen LogP contribution in [0.5, 0.6) is 5.88 Å². The average Bonchev–Trinajstić information content (AvgIpc) is 2.63. The molecule has 0 atom stereocenters. The van der Waals surface area contributed by atoms with Crippen LogP contribution in [0, 0.1) is 5.82 Å². The van der Waals surface area contributed by atoms with E-state index in [4.69, 9.17) is 4.74 Å². The number of halogens is 1. The first-order chi connectivity index (χ1) is 12.1. The maximum absolute atomic E-state index is 13.0. The van der Waals surface area contributed by atoms with Gasteiger partial charge in [-0.15, -0.1) is 0 Å². The number of benzene rings is 2. The van der Waals surface area contributed by atoms with Gasteiger partial charge in [-0.1, -0.05) is 6.07 Å². The van der Waals surface area contributed by atoms with E-state index in [2.05, 4.69) is 10.3 Å². The molecule has 0 unspecified atom stereocenters. The van der Waals surface area contributed by atoms with Crippen molar-refractivity contribution in [1.29, 1.82) is 0 Å². The van der Waals surface area contributed by atoms with Gasteiger partial charge >= 0.3 is 5.97 Å². The molecule has 0 saturated carbocycles.